The Kier molecular flexibility index (Phi) is 3.21. The van der Waals surface area contributed by atoms with Gasteiger partial charge in [0.1, 0.15) is 17.5 Å². The molecule has 8 heteroatoms. The molecule has 0 radical (unpaired) electrons. The maximum atomic E-state index is 11.5. The van der Waals surface area contributed by atoms with Gasteiger partial charge in [0.2, 0.25) is 5.70 Å². The maximum absolute atomic E-state index is 11.5. The summed E-state index contributed by atoms with van der Waals surface area (Å²) in [6.45, 7) is 2.83. The fraction of sp³-hybridized carbons (Fsp3) is 0.400. The number of aliphatic imine (C=N–C) groups is 2. The summed E-state index contributed by atoms with van der Waals surface area (Å²) in [6.07, 6.45) is 9.17. The number of halogens is 1. The van der Waals surface area contributed by atoms with Crippen molar-refractivity contribution in [2.75, 3.05) is 0 Å². The summed E-state index contributed by atoms with van der Waals surface area (Å²) in [4.78, 5) is 8.73. The standard InChI is InChI=1S/C15H18BrN6O/c1-2-21-11-4-3-5-15(23,10(11)8-19-21)13-12-9-18-6-7-22(12,17)14(16)20-13/h6-9,23H,2-5,17H2,1H3/q+1. The fourth-order valence-corrected chi connectivity index (χ4v) is 4.04. The minimum Gasteiger partial charge on any atom is -0.378 e. The van der Waals surface area contributed by atoms with Crippen LogP contribution in [0.4, 0.5) is 0 Å². The minimum atomic E-state index is -1.19. The van der Waals surface area contributed by atoms with Gasteiger partial charge in [-0.3, -0.25) is 9.67 Å². The van der Waals surface area contributed by atoms with Gasteiger partial charge in [0.25, 0.3) is 0 Å². The number of amidine groups is 1. The number of aryl methyl sites for hydroxylation is 1. The van der Waals surface area contributed by atoms with Gasteiger partial charge in [0.05, 0.1) is 18.6 Å². The molecule has 0 aromatic carbocycles. The number of nitrogens with two attached hydrogens (primary N) is 1. The van der Waals surface area contributed by atoms with Gasteiger partial charge in [-0.25, -0.2) is 0 Å². The van der Waals surface area contributed by atoms with Gasteiger partial charge in [0.15, 0.2) is 0 Å². The maximum Gasteiger partial charge on any atom is 0.301 e. The highest BCUT2D eigenvalue weighted by molar-refractivity contribution is 9.18. The molecule has 120 valence electrons. The summed E-state index contributed by atoms with van der Waals surface area (Å²) in [5.74, 6) is 6.41. The number of nitrogens with zero attached hydrogens (tertiary/aromatic N) is 5. The van der Waals surface area contributed by atoms with E-state index in [1.165, 1.54) is 0 Å². The Hall–Kier alpha value is -1.61. The van der Waals surface area contributed by atoms with Crippen LogP contribution in [-0.2, 0) is 18.6 Å². The largest absolute Gasteiger partial charge is 0.378 e. The van der Waals surface area contributed by atoms with Gasteiger partial charge >= 0.3 is 4.74 Å². The van der Waals surface area contributed by atoms with Crippen molar-refractivity contribution in [3.63, 3.8) is 0 Å². The Bertz CT molecular complexity index is 807. The Balaban J connectivity index is 1.92. The first-order valence-electron chi connectivity index (χ1n) is 7.66. The lowest BCUT2D eigenvalue weighted by atomic mass is 9.80. The van der Waals surface area contributed by atoms with Gasteiger partial charge in [-0.15, -0.1) is 4.59 Å². The van der Waals surface area contributed by atoms with E-state index in [4.69, 9.17) is 5.84 Å². The molecule has 7 nitrogen and oxygen atoms in total. The van der Waals surface area contributed by atoms with Crippen molar-refractivity contribution in [3.8, 4) is 0 Å². The zero-order valence-electron chi connectivity index (χ0n) is 12.8. The second-order valence-corrected chi connectivity index (χ2v) is 6.71. The molecule has 0 saturated heterocycles. The molecular weight excluding hydrogens is 360 g/mol. The van der Waals surface area contributed by atoms with Crippen molar-refractivity contribution in [1.82, 2.24) is 9.78 Å². The van der Waals surface area contributed by atoms with E-state index >= 15 is 0 Å². The monoisotopic (exact) mass is 377 g/mol. The quantitative estimate of drug-likeness (QED) is 0.466. The lowest BCUT2D eigenvalue weighted by Crippen LogP contribution is -2.51. The minimum absolute atomic E-state index is 0.0988. The van der Waals surface area contributed by atoms with E-state index in [0.29, 0.717) is 22.6 Å². The van der Waals surface area contributed by atoms with E-state index in [1.54, 1.807) is 24.8 Å². The number of hydrogen-bond acceptors (Lipinski definition) is 5. The van der Waals surface area contributed by atoms with E-state index < -0.39 is 5.60 Å². The van der Waals surface area contributed by atoms with Crippen LogP contribution in [0.2, 0.25) is 0 Å². The molecule has 3 aliphatic rings. The normalized spacial score (nSPS) is 32.1. The lowest BCUT2D eigenvalue weighted by molar-refractivity contribution is -0.746. The van der Waals surface area contributed by atoms with E-state index in [2.05, 4.69) is 31.0 Å². The Morgan fingerprint density at radius 2 is 2.35 bits per heavy atom. The van der Waals surface area contributed by atoms with Crippen LogP contribution in [0.25, 0.3) is 0 Å². The predicted octanol–water partition coefficient (Wildman–Crippen LogP) is 1.65. The van der Waals surface area contributed by atoms with Crippen LogP contribution in [0.1, 0.15) is 31.0 Å². The first-order chi connectivity index (χ1) is 11.0. The van der Waals surface area contributed by atoms with Gasteiger partial charge in [-0.05, 0) is 26.2 Å². The molecule has 4 rings (SSSR count). The topological polar surface area (TPSA) is 88.8 Å². The van der Waals surface area contributed by atoms with Crippen LogP contribution in [-0.4, -0.2) is 30.4 Å². The molecule has 2 aliphatic heterocycles. The molecule has 1 aromatic rings. The molecule has 1 aromatic heterocycles. The van der Waals surface area contributed by atoms with Gasteiger partial charge in [-0.1, -0.05) is 0 Å². The average molecular weight is 378 g/mol. The number of allylic oxidation sites excluding steroid dienone is 1. The summed E-state index contributed by atoms with van der Waals surface area (Å²) in [6, 6.07) is 0. The number of hydrogen-bond donors (Lipinski definition) is 2. The number of quaternary nitrogens is 1. The van der Waals surface area contributed by atoms with E-state index in [-0.39, 0.29) is 4.59 Å². The highest BCUT2D eigenvalue weighted by atomic mass is 79.9. The van der Waals surface area contributed by atoms with Crippen LogP contribution in [0.5, 0.6) is 0 Å². The van der Waals surface area contributed by atoms with Crippen molar-refractivity contribution in [2.24, 2.45) is 15.8 Å². The Labute approximate surface area is 142 Å². The third-order valence-corrected chi connectivity index (χ3v) is 5.54. The molecule has 1 aliphatic carbocycles. The number of aromatic nitrogens is 2. The van der Waals surface area contributed by atoms with Crippen molar-refractivity contribution >= 4 is 26.9 Å². The second-order valence-electron chi connectivity index (χ2n) is 6.00. The van der Waals surface area contributed by atoms with Gasteiger partial charge in [0, 0.05) is 33.7 Å². The van der Waals surface area contributed by atoms with Gasteiger partial charge < -0.3 is 5.11 Å². The zero-order valence-corrected chi connectivity index (χ0v) is 14.4. The predicted molar refractivity (Wildman–Crippen MR) is 90.2 cm³/mol. The second kappa shape index (κ2) is 4.94. The van der Waals surface area contributed by atoms with Crippen molar-refractivity contribution in [1.29, 1.82) is 0 Å². The van der Waals surface area contributed by atoms with Crippen LogP contribution in [0, 0.1) is 0 Å². The Morgan fingerprint density at radius 3 is 3.13 bits per heavy atom. The summed E-state index contributed by atoms with van der Waals surface area (Å²) < 4.78 is 2.38. The molecule has 0 saturated carbocycles. The summed E-state index contributed by atoms with van der Waals surface area (Å²) in [7, 11) is 0. The van der Waals surface area contributed by atoms with Crippen molar-refractivity contribution in [2.45, 2.75) is 38.3 Å². The molecular formula is C15H18BrN6O+. The first kappa shape index (κ1) is 14.9. The van der Waals surface area contributed by atoms with Crippen LogP contribution in [0.3, 0.4) is 0 Å². The third-order valence-electron chi connectivity index (χ3n) is 4.77. The Morgan fingerprint density at radius 1 is 1.52 bits per heavy atom. The number of fused-ring (bicyclic) bond motifs is 2. The molecule has 3 heterocycles. The molecule has 0 amide bonds. The highest BCUT2D eigenvalue weighted by Crippen LogP contribution is 2.46. The first-order valence-corrected chi connectivity index (χ1v) is 8.46. The fourth-order valence-electron chi connectivity index (χ4n) is 3.55. The average Bonchev–Trinajstić information content (AvgIpc) is 3.08. The molecule has 23 heavy (non-hydrogen) atoms. The smallest absolute Gasteiger partial charge is 0.301 e. The van der Waals surface area contributed by atoms with E-state index in [0.717, 1.165) is 30.6 Å². The zero-order chi connectivity index (χ0) is 16.2. The summed E-state index contributed by atoms with van der Waals surface area (Å²) >= 11 is 3.44. The summed E-state index contributed by atoms with van der Waals surface area (Å²) in [5, 5.41) is 15.9. The summed E-state index contributed by atoms with van der Waals surface area (Å²) in [5.41, 5.74) is 1.95. The van der Waals surface area contributed by atoms with Crippen LogP contribution in [0.15, 0.2) is 40.0 Å². The molecule has 2 atom stereocenters. The number of aliphatic hydroxyl groups is 1. The highest BCUT2D eigenvalue weighted by Gasteiger charge is 2.51. The molecule has 2 unspecified atom stereocenters. The molecule has 0 bridgehead atoms. The van der Waals surface area contributed by atoms with Gasteiger partial charge in [-0.2, -0.15) is 15.9 Å². The van der Waals surface area contributed by atoms with Crippen LogP contribution >= 0.6 is 15.9 Å². The molecule has 3 N–H and O–H groups in total. The van der Waals surface area contributed by atoms with Crippen molar-refractivity contribution in [3.05, 3.63) is 41.2 Å². The van der Waals surface area contributed by atoms with Crippen molar-refractivity contribution < 1.29 is 9.70 Å². The van der Waals surface area contributed by atoms with E-state index in [9.17, 15) is 5.11 Å². The number of rotatable bonds is 2. The van der Waals surface area contributed by atoms with E-state index in [1.807, 2.05) is 11.6 Å². The molecule has 0 spiro atoms. The SMILES string of the molecule is CCn1ncc2c1CCCC2(O)C1=C2C=NC=C[N+]2(N)C(Br)=N1. The molecule has 0 fully saturated rings. The third kappa shape index (κ3) is 1.89. The lowest BCUT2D eigenvalue weighted by Gasteiger charge is -2.32. The van der Waals surface area contributed by atoms with Crippen LogP contribution < -0.4 is 5.84 Å².